The molecule has 0 bridgehead atoms. The summed E-state index contributed by atoms with van der Waals surface area (Å²) >= 11 is 6.07. The van der Waals surface area contributed by atoms with Crippen molar-refractivity contribution >= 4 is 17.4 Å². The van der Waals surface area contributed by atoms with Crippen molar-refractivity contribution < 1.29 is 4.79 Å². The van der Waals surface area contributed by atoms with Crippen LogP contribution in [-0.2, 0) is 0 Å². The Morgan fingerprint density at radius 3 is 2.74 bits per heavy atom. The number of ketones is 1. The van der Waals surface area contributed by atoms with E-state index in [0.717, 1.165) is 19.5 Å². The topological polar surface area (TPSA) is 20.3 Å². The van der Waals surface area contributed by atoms with E-state index in [9.17, 15) is 4.79 Å². The fraction of sp³-hybridized carbons (Fsp3) is 0.562. The average molecular weight is 280 g/mol. The van der Waals surface area contributed by atoms with Gasteiger partial charge in [0.1, 0.15) is 0 Å². The van der Waals surface area contributed by atoms with E-state index in [1.165, 1.54) is 12.8 Å². The highest BCUT2D eigenvalue weighted by molar-refractivity contribution is 6.34. The lowest BCUT2D eigenvalue weighted by Gasteiger charge is -2.23. The largest absolute Gasteiger partial charge is 0.296 e. The van der Waals surface area contributed by atoms with E-state index in [1.807, 2.05) is 18.2 Å². The monoisotopic (exact) mass is 279 g/mol. The lowest BCUT2D eigenvalue weighted by molar-refractivity contribution is 0.0931. The van der Waals surface area contributed by atoms with Crippen LogP contribution in [-0.4, -0.2) is 30.3 Å². The molecule has 0 saturated carbocycles. The zero-order valence-corrected chi connectivity index (χ0v) is 12.5. The molecule has 0 aromatic heterocycles. The molecule has 1 aliphatic rings. The Bertz CT molecular complexity index is 456. The molecule has 0 spiro atoms. The van der Waals surface area contributed by atoms with Crippen molar-refractivity contribution in [2.75, 3.05) is 19.6 Å². The van der Waals surface area contributed by atoms with Crippen molar-refractivity contribution in [2.24, 2.45) is 5.41 Å². The summed E-state index contributed by atoms with van der Waals surface area (Å²) in [6.45, 7) is 7.13. The molecule has 1 aromatic carbocycles. The molecule has 1 aliphatic heterocycles. The van der Waals surface area contributed by atoms with Gasteiger partial charge in [-0.05, 0) is 49.9 Å². The van der Waals surface area contributed by atoms with Gasteiger partial charge in [0.2, 0.25) is 0 Å². The molecule has 3 heteroatoms. The number of benzene rings is 1. The van der Waals surface area contributed by atoms with E-state index < -0.39 is 0 Å². The minimum Gasteiger partial charge on any atom is -0.296 e. The zero-order valence-electron chi connectivity index (χ0n) is 11.8. The number of halogens is 1. The summed E-state index contributed by atoms with van der Waals surface area (Å²) in [5, 5.41) is 0.558. The molecule has 0 amide bonds. The van der Waals surface area contributed by atoms with E-state index in [1.54, 1.807) is 6.07 Å². The first-order chi connectivity index (χ1) is 8.98. The summed E-state index contributed by atoms with van der Waals surface area (Å²) in [6, 6.07) is 7.31. The summed E-state index contributed by atoms with van der Waals surface area (Å²) in [4.78, 5) is 14.5. The van der Waals surface area contributed by atoms with Gasteiger partial charge in [-0.25, -0.2) is 0 Å². The molecule has 0 radical (unpaired) electrons. The van der Waals surface area contributed by atoms with Crippen LogP contribution in [0.25, 0.3) is 0 Å². The first-order valence-corrected chi connectivity index (χ1v) is 7.36. The summed E-state index contributed by atoms with van der Waals surface area (Å²) < 4.78 is 0. The fourth-order valence-electron chi connectivity index (χ4n) is 2.61. The summed E-state index contributed by atoms with van der Waals surface area (Å²) in [7, 11) is 0. The van der Waals surface area contributed by atoms with Crippen LogP contribution >= 0.6 is 11.6 Å². The normalized spacial score (nSPS) is 19.9. The van der Waals surface area contributed by atoms with Crippen molar-refractivity contribution in [3.05, 3.63) is 34.9 Å². The quantitative estimate of drug-likeness (QED) is 0.779. The van der Waals surface area contributed by atoms with Gasteiger partial charge in [0.25, 0.3) is 0 Å². The number of hydrogen-bond donors (Lipinski definition) is 0. The number of carbonyl (C=O) groups excluding carboxylic acids is 1. The van der Waals surface area contributed by atoms with E-state index in [4.69, 9.17) is 11.6 Å². The van der Waals surface area contributed by atoms with Gasteiger partial charge in [-0.1, -0.05) is 37.6 Å². The third-order valence-electron chi connectivity index (χ3n) is 3.97. The minimum atomic E-state index is 0.130. The molecule has 1 fully saturated rings. The highest BCUT2D eigenvalue weighted by Crippen LogP contribution is 2.29. The molecule has 0 atom stereocenters. The SMILES string of the molecule is CC1(C)CCCN(CC(=O)c2ccccc2Cl)CC1. The molecular weight excluding hydrogens is 258 g/mol. The second kappa shape index (κ2) is 6.06. The van der Waals surface area contributed by atoms with Crippen LogP contribution in [0.3, 0.4) is 0 Å². The van der Waals surface area contributed by atoms with Crippen molar-refractivity contribution in [3.8, 4) is 0 Å². The number of carbonyl (C=O) groups is 1. The van der Waals surface area contributed by atoms with E-state index in [0.29, 0.717) is 22.5 Å². The Morgan fingerprint density at radius 1 is 1.26 bits per heavy atom. The maximum atomic E-state index is 12.3. The van der Waals surface area contributed by atoms with Crippen LogP contribution in [0, 0.1) is 5.41 Å². The van der Waals surface area contributed by atoms with E-state index >= 15 is 0 Å². The van der Waals surface area contributed by atoms with Crippen LogP contribution in [0.2, 0.25) is 5.02 Å². The van der Waals surface area contributed by atoms with Gasteiger partial charge in [0, 0.05) is 5.56 Å². The van der Waals surface area contributed by atoms with Crippen LogP contribution < -0.4 is 0 Å². The summed E-state index contributed by atoms with van der Waals surface area (Å²) in [5.74, 6) is 0.130. The Labute approximate surface area is 120 Å². The molecule has 0 N–H and O–H groups in total. The Hall–Kier alpha value is -0.860. The second-order valence-electron chi connectivity index (χ2n) is 6.20. The number of hydrogen-bond acceptors (Lipinski definition) is 2. The van der Waals surface area contributed by atoms with Crippen molar-refractivity contribution in [1.29, 1.82) is 0 Å². The number of nitrogens with zero attached hydrogens (tertiary/aromatic N) is 1. The van der Waals surface area contributed by atoms with E-state index in [-0.39, 0.29) is 5.78 Å². The van der Waals surface area contributed by atoms with Crippen molar-refractivity contribution in [1.82, 2.24) is 4.90 Å². The molecule has 2 nitrogen and oxygen atoms in total. The first kappa shape index (κ1) is 14.5. The highest BCUT2D eigenvalue weighted by Gasteiger charge is 2.24. The maximum absolute atomic E-state index is 12.3. The van der Waals surface area contributed by atoms with E-state index in [2.05, 4.69) is 18.7 Å². The third-order valence-corrected chi connectivity index (χ3v) is 4.30. The van der Waals surface area contributed by atoms with Gasteiger partial charge < -0.3 is 0 Å². The number of Topliss-reactive ketones (excluding diaryl/α,β-unsaturated/α-hetero) is 1. The first-order valence-electron chi connectivity index (χ1n) is 6.98. The van der Waals surface area contributed by atoms with Gasteiger partial charge >= 0.3 is 0 Å². The second-order valence-corrected chi connectivity index (χ2v) is 6.60. The van der Waals surface area contributed by atoms with Gasteiger partial charge in [-0.2, -0.15) is 0 Å². The molecule has 0 unspecified atom stereocenters. The predicted octanol–water partition coefficient (Wildman–Crippen LogP) is 4.03. The Balaban J connectivity index is 1.98. The van der Waals surface area contributed by atoms with Gasteiger partial charge in [-0.3, -0.25) is 9.69 Å². The highest BCUT2D eigenvalue weighted by atomic mass is 35.5. The van der Waals surface area contributed by atoms with Gasteiger partial charge in [0.15, 0.2) is 5.78 Å². The fourth-order valence-corrected chi connectivity index (χ4v) is 2.85. The lowest BCUT2D eigenvalue weighted by atomic mass is 9.85. The molecule has 1 heterocycles. The third kappa shape index (κ3) is 4.05. The van der Waals surface area contributed by atoms with Crippen LogP contribution in [0.1, 0.15) is 43.5 Å². The molecule has 19 heavy (non-hydrogen) atoms. The van der Waals surface area contributed by atoms with Gasteiger partial charge in [-0.15, -0.1) is 0 Å². The molecule has 0 aliphatic carbocycles. The molecule has 1 saturated heterocycles. The average Bonchev–Trinajstić information content (AvgIpc) is 2.51. The lowest BCUT2D eigenvalue weighted by Crippen LogP contribution is -2.31. The Kier molecular flexibility index (Phi) is 4.64. The smallest absolute Gasteiger partial charge is 0.178 e. The maximum Gasteiger partial charge on any atom is 0.178 e. The van der Waals surface area contributed by atoms with Crippen molar-refractivity contribution in [2.45, 2.75) is 33.1 Å². The predicted molar refractivity (Wildman–Crippen MR) is 79.9 cm³/mol. The molecule has 104 valence electrons. The molecule has 2 rings (SSSR count). The standard InChI is InChI=1S/C16H22ClNO/c1-16(2)8-5-10-18(11-9-16)12-15(19)13-6-3-4-7-14(13)17/h3-4,6-7H,5,8-12H2,1-2H3. The van der Waals surface area contributed by atoms with Crippen LogP contribution in [0.15, 0.2) is 24.3 Å². The Morgan fingerprint density at radius 2 is 2.00 bits per heavy atom. The van der Waals surface area contributed by atoms with Crippen molar-refractivity contribution in [3.63, 3.8) is 0 Å². The zero-order chi connectivity index (χ0) is 13.9. The summed E-state index contributed by atoms with van der Waals surface area (Å²) in [5.41, 5.74) is 1.05. The molecule has 1 aromatic rings. The minimum absolute atomic E-state index is 0.130. The van der Waals surface area contributed by atoms with Crippen LogP contribution in [0.4, 0.5) is 0 Å². The van der Waals surface area contributed by atoms with Gasteiger partial charge in [0.05, 0.1) is 11.6 Å². The molecular formula is C16H22ClNO. The number of likely N-dealkylation sites (tertiary alicyclic amines) is 1. The summed E-state index contributed by atoms with van der Waals surface area (Å²) in [6.07, 6.45) is 3.56. The van der Waals surface area contributed by atoms with Crippen LogP contribution in [0.5, 0.6) is 0 Å². The number of rotatable bonds is 3.